The smallest absolute Gasteiger partial charge is 0.189 e. The lowest BCUT2D eigenvalue weighted by molar-refractivity contribution is 0.571. The molecule has 2 rings (SSSR count). The Morgan fingerprint density at radius 1 is 1.17 bits per heavy atom. The largest absolute Gasteiger partial charge is 0.358 e. The molecule has 0 unspecified atom stereocenters. The third kappa shape index (κ3) is 2.47. The van der Waals surface area contributed by atoms with E-state index in [0.717, 1.165) is 29.4 Å². The second-order valence-corrected chi connectivity index (χ2v) is 5.93. The van der Waals surface area contributed by atoms with E-state index >= 15 is 0 Å². The number of aromatic nitrogens is 1. The molecule has 2 nitrogen and oxygen atoms in total. The topological polar surface area (TPSA) is 32.9 Å². The van der Waals surface area contributed by atoms with E-state index in [1.54, 1.807) is 6.07 Å². The minimum atomic E-state index is -0.0323. The molecule has 0 saturated carbocycles. The van der Waals surface area contributed by atoms with Crippen molar-refractivity contribution < 1.29 is 0 Å². The first-order valence-electron chi connectivity index (χ1n) is 6.58. The van der Waals surface area contributed by atoms with E-state index in [2.05, 4.69) is 38.7 Å². The molecule has 0 saturated heterocycles. The fraction of sp³-hybridized carbons (Fsp3) is 0.438. The average Bonchev–Trinajstić information content (AvgIpc) is 2.29. The Hall–Kier alpha value is -1.57. The molecule has 0 fully saturated rings. The van der Waals surface area contributed by atoms with Crippen molar-refractivity contribution in [2.24, 2.45) is 0 Å². The summed E-state index contributed by atoms with van der Waals surface area (Å²) < 4.78 is 0. The van der Waals surface area contributed by atoms with E-state index in [0.29, 0.717) is 0 Å². The number of H-pyrrole nitrogens is 1. The van der Waals surface area contributed by atoms with Gasteiger partial charge in [0.25, 0.3) is 0 Å². The van der Waals surface area contributed by atoms with Gasteiger partial charge in [-0.3, -0.25) is 4.79 Å². The Kier molecular flexibility index (Phi) is 3.29. The van der Waals surface area contributed by atoms with Crippen LogP contribution in [0.2, 0.25) is 0 Å². The molecule has 0 amide bonds. The number of fused-ring (bicyclic) bond motifs is 1. The van der Waals surface area contributed by atoms with Gasteiger partial charge in [0.15, 0.2) is 5.43 Å². The van der Waals surface area contributed by atoms with Crippen LogP contribution in [0.15, 0.2) is 29.1 Å². The summed E-state index contributed by atoms with van der Waals surface area (Å²) in [6.45, 7) is 8.47. The molecule has 0 spiro atoms. The van der Waals surface area contributed by atoms with Gasteiger partial charge in [0.2, 0.25) is 0 Å². The normalized spacial score (nSPS) is 12.0. The first kappa shape index (κ1) is 12.9. The molecule has 1 N–H and O–H groups in total. The highest BCUT2D eigenvalue weighted by atomic mass is 16.1. The van der Waals surface area contributed by atoms with Crippen molar-refractivity contribution >= 4 is 10.9 Å². The summed E-state index contributed by atoms with van der Waals surface area (Å²) in [6, 6.07) is 7.88. The van der Waals surface area contributed by atoms with Crippen LogP contribution < -0.4 is 5.43 Å². The molecule has 0 radical (unpaired) electrons. The first-order chi connectivity index (χ1) is 8.41. The lowest BCUT2D eigenvalue weighted by Gasteiger charge is -2.19. The summed E-state index contributed by atoms with van der Waals surface area (Å²) in [5, 5.41) is 0.800. The summed E-state index contributed by atoms with van der Waals surface area (Å²) in [5.74, 6) is 0. The molecule has 2 heteroatoms. The van der Waals surface area contributed by atoms with Gasteiger partial charge in [-0.1, -0.05) is 40.2 Å². The van der Waals surface area contributed by atoms with Crippen LogP contribution >= 0.6 is 0 Å². The highest BCUT2D eigenvalue weighted by Crippen LogP contribution is 2.21. The fourth-order valence-electron chi connectivity index (χ4n) is 2.14. The number of nitrogens with one attached hydrogen (secondary N) is 1. The van der Waals surface area contributed by atoms with Crippen LogP contribution in [-0.4, -0.2) is 4.98 Å². The van der Waals surface area contributed by atoms with Gasteiger partial charge in [0, 0.05) is 28.1 Å². The zero-order valence-corrected chi connectivity index (χ0v) is 11.6. The molecule has 18 heavy (non-hydrogen) atoms. The number of aromatic amines is 1. The third-order valence-corrected chi connectivity index (χ3v) is 3.24. The molecule has 1 heterocycles. The summed E-state index contributed by atoms with van der Waals surface area (Å²) in [5.41, 5.74) is 3.25. The van der Waals surface area contributed by atoms with Crippen LogP contribution in [0, 0.1) is 0 Å². The van der Waals surface area contributed by atoms with Crippen molar-refractivity contribution in [1.82, 2.24) is 4.98 Å². The van der Waals surface area contributed by atoms with Gasteiger partial charge in [-0.2, -0.15) is 0 Å². The number of rotatable bonds is 2. The van der Waals surface area contributed by atoms with E-state index < -0.39 is 0 Å². The van der Waals surface area contributed by atoms with Gasteiger partial charge in [-0.25, -0.2) is 0 Å². The van der Waals surface area contributed by atoms with Crippen molar-refractivity contribution in [2.75, 3.05) is 0 Å². The van der Waals surface area contributed by atoms with Crippen molar-refractivity contribution in [3.8, 4) is 0 Å². The van der Waals surface area contributed by atoms with E-state index in [-0.39, 0.29) is 10.8 Å². The second kappa shape index (κ2) is 4.60. The fourth-order valence-corrected chi connectivity index (χ4v) is 2.14. The number of hydrogen-bond acceptors (Lipinski definition) is 1. The van der Waals surface area contributed by atoms with Crippen LogP contribution in [0.3, 0.4) is 0 Å². The minimum Gasteiger partial charge on any atom is -0.358 e. The van der Waals surface area contributed by atoms with Crippen LogP contribution in [0.25, 0.3) is 10.9 Å². The number of aryl methyl sites for hydroxylation is 1. The minimum absolute atomic E-state index is 0.0323. The highest BCUT2D eigenvalue weighted by Gasteiger charge is 2.16. The standard InChI is InChI=1S/C16H21NO/c1-5-6-11-7-8-13-12(9-11)14(18)10-15(17-13)16(2,3)4/h7-10H,5-6H2,1-4H3,(H,17,18). The predicted molar refractivity (Wildman–Crippen MR) is 77.3 cm³/mol. The Balaban J connectivity index is 2.63. The Bertz CT molecular complexity index is 617. The highest BCUT2D eigenvalue weighted by molar-refractivity contribution is 5.79. The maximum Gasteiger partial charge on any atom is 0.189 e. The first-order valence-corrected chi connectivity index (χ1v) is 6.58. The lowest BCUT2D eigenvalue weighted by atomic mass is 9.91. The molecule has 1 aromatic carbocycles. The van der Waals surface area contributed by atoms with Gasteiger partial charge in [0.1, 0.15) is 0 Å². The van der Waals surface area contributed by atoms with Crippen molar-refractivity contribution in [3.63, 3.8) is 0 Å². The van der Waals surface area contributed by atoms with Crippen molar-refractivity contribution in [1.29, 1.82) is 0 Å². The maximum atomic E-state index is 12.2. The van der Waals surface area contributed by atoms with E-state index in [4.69, 9.17) is 0 Å². The van der Waals surface area contributed by atoms with Crippen molar-refractivity contribution in [2.45, 2.75) is 46.0 Å². The number of pyridine rings is 1. The maximum absolute atomic E-state index is 12.2. The number of hydrogen-bond donors (Lipinski definition) is 1. The molecule has 1 aromatic heterocycles. The average molecular weight is 243 g/mol. The molecule has 0 aliphatic carbocycles. The van der Waals surface area contributed by atoms with E-state index in [1.807, 2.05) is 12.1 Å². The summed E-state index contributed by atoms with van der Waals surface area (Å²) in [7, 11) is 0. The van der Waals surface area contributed by atoms with Crippen LogP contribution in [0.1, 0.15) is 45.4 Å². The van der Waals surface area contributed by atoms with Crippen molar-refractivity contribution in [3.05, 3.63) is 45.7 Å². The van der Waals surface area contributed by atoms with Gasteiger partial charge in [0.05, 0.1) is 0 Å². The zero-order chi connectivity index (χ0) is 13.3. The van der Waals surface area contributed by atoms with Crippen LogP contribution in [0.5, 0.6) is 0 Å². The Morgan fingerprint density at radius 2 is 1.89 bits per heavy atom. The summed E-state index contributed by atoms with van der Waals surface area (Å²) in [6.07, 6.45) is 2.12. The van der Waals surface area contributed by atoms with Gasteiger partial charge in [-0.15, -0.1) is 0 Å². The van der Waals surface area contributed by atoms with Crippen LogP contribution in [-0.2, 0) is 11.8 Å². The Labute approximate surface area is 108 Å². The quantitative estimate of drug-likeness (QED) is 0.855. The van der Waals surface area contributed by atoms with Gasteiger partial charge < -0.3 is 4.98 Å². The van der Waals surface area contributed by atoms with E-state index in [9.17, 15) is 4.79 Å². The van der Waals surface area contributed by atoms with E-state index in [1.165, 1.54) is 5.56 Å². The molecule has 0 aliphatic heterocycles. The molecular formula is C16H21NO. The molecular weight excluding hydrogens is 222 g/mol. The molecule has 0 aliphatic rings. The molecule has 2 aromatic rings. The van der Waals surface area contributed by atoms with Gasteiger partial charge >= 0.3 is 0 Å². The van der Waals surface area contributed by atoms with Crippen LogP contribution in [0.4, 0.5) is 0 Å². The number of benzene rings is 1. The molecule has 96 valence electrons. The lowest BCUT2D eigenvalue weighted by Crippen LogP contribution is -2.17. The zero-order valence-electron chi connectivity index (χ0n) is 11.6. The summed E-state index contributed by atoms with van der Waals surface area (Å²) >= 11 is 0. The molecule has 0 atom stereocenters. The monoisotopic (exact) mass is 243 g/mol. The predicted octanol–water partition coefficient (Wildman–Crippen LogP) is 3.78. The third-order valence-electron chi connectivity index (χ3n) is 3.24. The summed E-state index contributed by atoms with van der Waals surface area (Å²) in [4.78, 5) is 15.6. The second-order valence-electron chi connectivity index (χ2n) is 5.93. The van der Waals surface area contributed by atoms with Gasteiger partial charge in [-0.05, 0) is 24.1 Å². The SMILES string of the molecule is CCCc1ccc2[nH]c(C(C)(C)C)cc(=O)c2c1. The Morgan fingerprint density at radius 3 is 2.50 bits per heavy atom. The molecule has 0 bridgehead atoms.